The van der Waals surface area contributed by atoms with Gasteiger partial charge in [-0.1, -0.05) is 34.1 Å². The van der Waals surface area contributed by atoms with Crippen molar-refractivity contribution < 1.29 is 4.79 Å². The molecule has 0 N–H and O–H groups in total. The van der Waals surface area contributed by atoms with E-state index in [0.29, 0.717) is 5.33 Å². The minimum atomic E-state index is 0.139. The topological polar surface area (TPSA) is 17.1 Å². The predicted molar refractivity (Wildman–Crippen MR) is 56.3 cm³/mol. The molecule has 0 atom stereocenters. The van der Waals surface area contributed by atoms with Gasteiger partial charge in [-0.3, -0.25) is 4.79 Å². The fraction of sp³-hybridized carbons (Fsp3) is 0.222. The number of rotatable bonds is 3. The molecule has 1 aromatic rings. The molecule has 0 bridgehead atoms. The predicted octanol–water partition coefficient (Wildman–Crippen LogP) is 2.99. The Morgan fingerprint density at radius 3 is 2.75 bits per heavy atom. The summed E-state index contributed by atoms with van der Waals surface area (Å²) in [4.78, 5) is 12.4. The monoisotopic (exact) mass is 244 g/mol. The first-order valence-electron chi connectivity index (χ1n) is 3.51. The van der Waals surface area contributed by atoms with Crippen LogP contribution in [-0.4, -0.2) is 17.4 Å². The average molecular weight is 245 g/mol. The summed E-state index contributed by atoms with van der Waals surface area (Å²) in [5.41, 5.74) is 0.807. The highest BCUT2D eigenvalue weighted by molar-refractivity contribution is 9.09. The van der Waals surface area contributed by atoms with E-state index in [1.165, 1.54) is 0 Å². The van der Waals surface area contributed by atoms with E-state index in [2.05, 4.69) is 15.9 Å². The van der Waals surface area contributed by atoms with Crippen LogP contribution in [0.15, 0.2) is 29.2 Å². The second-order valence-corrected chi connectivity index (χ2v) is 3.67. The molecule has 0 aliphatic heterocycles. The van der Waals surface area contributed by atoms with Crippen molar-refractivity contribution in [3.63, 3.8) is 0 Å². The number of hydrogen-bond acceptors (Lipinski definition) is 2. The lowest BCUT2D eigenvalue weighted by Crippen LogP contribution is -2.01. The molecule has 0 aliphatic rings. The Bertz CT molecular complexity index is 286. The number of hydrogen-bond donors (Lipinski definition) is 0. The highest BCUT2D eigenvalue weighted by Gasteiger charge is 2.07. The molecule has 3 heteroatoms. The number of benzene rings is 1. The van der Waals surface area contributed by atoms with Gasteiger partial charge in [0.2, 0.25) is 0 Å². The van der Waals surface area contributed by atoms with Crippen LogP contribution in [0.3, 0.4) is 0 Å². The Morgan fingerprint density at radius 1 is 1.50 bits per heavy atom. The van der Waals surface area contributed by atoms with Gasteiger partial charge in [-0.15, -0.1) is 11.8 Å². The Balaban J connectivity index is 3.04. The summed E-state index contributed by atoms with van der Waals surface area (Å²) in [6.07, 6.45) is 1.97. The summed E-state index contributed by atoms with van der Waals surface area (Å²) < 4.78 is 0. The highest BCUT2D eigenvalue weighted by atomic mass is 79.9. The van der Waals surface area contributed by atoms with Gasteiger partial charge in [0.05, 0.1) is 5.33 Å². The van der Waals surface area contributed by atoms with Crippen LogP contribution in [0.5, 0.6) is 0 Å². The molecule has 0 amide bonds. The molecule has 0 aromatic heterocycles. The SMILES string of the molecule is CSc1ccccc1C(=O)CBr. The Kier molecular flexibility index (Phi) is 3.82. The highest BCUT2D eigenvalue weighted by Crippen LogP contribution is 2.20. The van der Waals surface area contributed by atoms with Crippen LogP contribution >= 0.6 is 27.7 Å². The maximum Gasteiger partial charge on any atom is 0.174 e. The van der Waals surface area contributed by atoms with Crippen molar-refractivity contribution in [2.75, 3.05) is 11.6 Å². The largest absolute Gasteiger partial charge is 0.293 e. The molecule has 0 unspecified atom stereocenters. The first kappa shape index (κ1) is 9.81. The zero-order valence-electron chi connectivity index (χ0n) is 6.71. The summed E-state index contributed by atoms with van der Waals surface area (Å²) >= 11 is 4.75. The Labute approximate surface area is 84.7 Å². The first-order valence-corrected chi connectivity index (χ1v) is 5.86. The quantitative estimate of drug-likeness (QED) is 0.462. The van der Waals surface area contributed by atoms with Gasteiger partial charge in [0.1, 0.15) is 0 Å². The third-order valence-electron chi connectivity index (χ3n) is 1.53. The van der Waals surface area contributed by atoms with E-state index in [0.717, 1.165) is 10.5 Å². The molecule has 0 heterocycles. The van der Waals surface area contributed by atoms with E-state index in [1.54, 1.807) is 11.8 Å². The van der Waals surface area contributed by atoms with Crippen molar-refractivity contribution in [3.05, 3.63) is 29.8 Å². The number of Topliss-reactive ketones (excluding diaryl/α,β-unsaturated/α-hetero) is 1. The van der Waals surface area contributed by atoms with Crippen molar-refractivity contribution in [2.24, 2.45) is 0 Å². The zero-order valence-corrected chi connectivity index (χ0v) is 9.11. The second kappa shape index (κ2) is 4.67. The van der Waals surface area contributed by atoms with Crippen LogP contribution in [-0.2, 0) is 0 Å². The standard InChI is InChI=1S/C9H9BrOS/c1-12-9-5-3-2-4-7(9)8(11)6-10/h2-5H,6H2,1H3. The maximum absolute atomic E-state index is 11.3. The lowest BCUT2D eigenvalue weighted by atomic mass is 10.1. The van der Waals surface area contributed by atoms with Crippen LogP contribution in [0, 0.1) is 0 Å². The van der Waals surface area contributed by atoms with E-state index in [-0.39, 0.29) is 5.78 Å². The molecular formula is C9H9BrOS. The molecule has 0 saturated carbocycles. The van der Waals surface area contributed by atoms with Gasteiger partial charge in [0, 0.05) is 10.5 Å². The molecule has 0 radical (unpaired) electrons. The van der Waals surface area contributed by atoms with Crippen LogP contribution in [0.1, 0.15) is 10.4 Å². The van der Waals surface area contributed by atoms with Crippen LogP contribution < -0.4 is 0 Å². The molecule has 1 nitrogen and oxygen atoms in total. The summed E-state index contributed by atoms with van der Waals surface area (Å²) in [6.45, 7) is 0. The van der Waals surface area contributed by atoms with Gasteiger partial charge in [-0.05, 0) is 12.3 Å². The van der Waals surface area contributed by atoms with Gasteiger partial charge in [-0.25, -0.2) is 0 Å². The van der Waals surface area contributed by atoms with Gasteiger partial charge in [0.25, 0.3) is 0 Å². The third-order valence-corrected chi connectivity index (χ3v) is 2.83. The van der Waals surface area contributed by atoms with E-state index >= 15 is 0 Å². The fourth-order valence-corrected chi connectivity index (χ4v) is 1.87. The third kappa shape index (κ3) is 2.11. The van der Waals surface area contributed by atoms with Crippen molar-refractivity contribution in [1.82, 2.24) is 0 Å². The van der Waals surface area contributed by atoms with E-state index < -0.39 is 0 Å². The fourth-order valence-electron chi connectivity index (χ4n) is 0.947. The summed E-state index contributed by atoms with van der Waals surface area (Å²) in [5.74, 6) is 0.139. The summed E-state index contributed by atoms with van der Waals surface area (Å²) in [5, 5.41) is 0.393. The van der Waals surface area contributed by atoms with Crippen LogP contribution in [0.2, 0.25) is 0 Å². The van der Waals surface area contributed by atoms with Crippen molar-refractivity contribution in [1.29, 1.82) is 0 Å². The van der Waals surface area contributed by atoms with E-state index in [1.807, 2.05) is 30.5 Å². The molecule has 0 saturated heterocycles. The number of thioether (sulfide) groups is 1. The minimum absolute atomic E-state index is 0.139. The average Bonchev–Trinajstić information content (AvgIpc) is 2.16. The Hall–Kier alpha value is -0.280. The molecule has 1 rings (SSSR count). The lowest BCUT2D eigenvalue weighted by molar-refractivity contribution is 0.102. The maximum atomic E-state index is 11.3. The molecule has 12 heavy (non-hydrogen) atoms. The zero-order chi connectivity index (χ0) is 8.97. The lowest BCUT2D eigenvalue weighted by Gasteiger charge is -2.02. The van der Waals surface area contributed by atoms with Gasteiger partial charge in [-0.2, -0.15) is 0 Å². The normalized spacial score (nSPS) is 9.83. The van der Waals surface area contributed by atoms with Crippen LogP contribution in [0.4, 0.5) is 0 Å². The minimum Gasteiger partial charge on any atom is -0.293 e. The van der Waals surface area contributed by atoms with E-state index in [4.69, 9.17) is 0 Å². The van der Waals surface area contributed by atoms with Crippen molar-refractivity contribution in [3.8, 4) is 0 Å². The summed E-state index contributed by atoms with van der Waals surface area (Å²) in [6, 6.07) is 7.64. The van der Waals surface area contributed by atoms with Crippen LogP contribution in [0.25, 0.3) is 0 Å². The van der Waals surface area contributed by atoms with Crippen molar-refractivity contribution >= 4 is 33.5 Å². The van der Waals surface area contributed by atoms with Crippen molar-refractivity contribution in [2.45, 2.75) is 4.90 Å². The number of carbonyl (C=O) groups excluding carboxylic acids is 1. The van der Waals surface area contributed by atoms with Gasteiger partial charge in [0.15, 0.2) is 5.78 Å². The number of carbonyl (C=O) groups is 1. The van der Waals surface area contributed by atoms with Gasteiger partial charge >= 0.3 is 0 Å². The molecule has 1 aromatic carbocycles. The summed E-state index contributed by atoms with van der Waals surface area (Å²) in [7, 11) is 0. The first-order chi connectivity index (χ1) is 5.79. The molecule has 0 aliphatic carbocycles. The number of alkyl halides is 1. The smallest absolute Gasteiger partial charge is 0.174 e. The Morgan fingerprint density at radius 2 is 2.17 bits per heavy atom. The molecule has 0 fully saturated rings. The molecular weight excluding hydrogens is 236 g/mol. The number of halogens is 1. The molecule has 0 spiro atoms. The van der Waals surface area contributed by atoms with Gasteiger partial charge < -0.3 is 0 Å². The number of ketones is 1. The molecule has 64 valence electrons. The second-order valence-electron chi connectivity index (χ2n) is 2.26. The van der Waals surface area contributed by atoms with E-state index in [9.17, 15) is 4.79 Å².